The summed E-state index contributed by atoms with van der Waals surface area (Å²) >= 11 is 0. The van der Waals surface area contributed by atoms with E-state index in [4.69, 9.17) is 15.2 Å². The van der Waals surface area contributed by atoms with Crippen molar-refractivity contribution >= 4 is 11.7 Å². The zero-order chi connectivity index (χ0) is 11.4. The molecule has 2 heterocycles. The summed E-state index contributed by atoms with van der Waals surface area (Å²) in [6.45, 7) is 1.14. The summed E-state index contributed by atoms with van der Waals surface area (Å²) in [7, 11) is 0. The van der Waals surface area contributed by atoms with Crippen molar-refractivity contribution < 1.29 is 14.3 Å². The minimum Gasteiger partial charge on any atom is -0.494 e. The quantitative estimate of drug-likeness (QED) is 0.642. The second kappa shape index (κ2) is 4.56. The van der Waals surface area contributed by atoms with Crippen LogP contribution in [0.1, 0.15) is 5.56 Å². The number of anilines is 1. The molecule has 0 saturated heterocycles. The Bertz CT molecular complexity index is 413. The maximum absolute atomic E-state index is 11.5. The summed E-state index contributed by atoms with van der Waals surface area (Å²) < 4.78 is 10.1. The van der Waals surface area contributed by atoms with Crippen LogP contribution in [0.3, 0.4) is 0 Å². The van der Waals surface area contributed by atoms with E-state index in [-0.39, 0.29) is 11.7 Å². The summed E-state index contributed by atoms with van der Waals surface area (Å²) in [5.74, 6) is 0.281. The van der Waals surface area contributed by atoms with Crippen molar-refractivity contribution in [1.82, 2.24) is 15.5 Å². The zero-order valence-corrected chi connectivity index (χ0v) is 8.53. The molecule has 1 aromatic rings. The molecule has 0 bridgehead atoms. The number of rotatable bonds is 3. The van der Waals surface area contributed by atoms with Gasteiger partial charge in [-0.1, -0.05) is 0 Å². The van der Waals surface area contributed by atoms with Crippen LogP contribution >= 0.6 is 0 Å². The van der Waals surface area contributed by atoms with Crippen molar-refractivity contribution in [1.29, 1.82) is 0 Å². The number of nitrogens with one attached hydrogen (secondary N) is 2. The van der Waals surface area contributed by atoms with E-state index >= 15 is 0 Å². The lowest BCUT2D eigenvalue weighted by molar-refractivity contribution is -0.122. The summed E-state index contributed by atoms with van der Waals surface area (Å²) in [6.07, 6.45) is 2.86. The Hall–Kier alpha value is -2.18. The van der Waals surface area contributed by atoms with Crippen molar-refractivity contribution in [2.24, 2.45) is 0 Å². The number of H-pyrrole nitrogens is 1. The molecule has 0 saturated carbocycles. The normalized spacial score (nSPS) is 14.6. The fraction of sp³-hybridized carbons (Fsp3) is 0.333. The van der Waals surface area contributed by atoms with Gasteiger partial charge in [0.2, 0.25) is 5.76 Å². The van der Waals surface area contributed by atoms with Gasteiger partial charge in [-0.15, -0.1) is 0 Å². The standard InChI is InChI=1S/C9H12N4O3/c10-8-6(4-12-13-8)3-11-9(14)7-5-15-1-2-16-7/h4-5H,1-3H2,(H,11,14)(H3,10,12,13). The molecule has 0 atom stereocenters. The van der Waals surface area contributed by atoms with Crippen LogP contribution in [0.15, 0.2) is 18.2 Å². The maximum Gasteiger partial charge on any atom is 0.289 e. The number of aromatic amines is 1. The van der Waals surface area contributed by atoms with Crippen LogP contribution in [0.5, 0.6) is 0 Å². The van der Waals surface area contributed by atoms with Gasteiger partial charge in [-0.2, -0.15) is 5.10 Å². The van der Waals surface area contributed by atoms with Crippen LogP contribution in [0, 0.1) is 0 Å². The van der Waals surface area contributed by atoms with Gasteiger partial charge in [0.1, 0.15) is 25.3 Å². The predicted octanol–water partition coefficient (Wildman–Crippen LogP) is -0.504. The number of ether oxygens (including phenoxy) is 2. The first-order chi connectivity index (χ1) is 7.77. The summed E-state index contributed by atoms with van der Waals surface area (Å²) in [4.78, 5) is 11.5. The van der Waals surface area contributed by atoms with Crippen LogP contribution in [0.2, 0.25) is 0 Å². The molecule has 0 radical (unpaired) electrons. The maximum atomic E-state index is 11.5. The monoisotopic (exact) mass is 224 g/mol. The molecule has 16 heavy (non-hydrogen) atoms. The molecule has 1 amide bonds. The molecule has 86 valence electrons. The molecule has 4 N–H and O–H groups in total. The van der Waals surface area contributed by atoms with Gasteiger partial charge in [0, 0.05) is 12.1 Å². The number of hydrogen-bond donors (Lipinski definition) is 3. The lowest BCUT2D eigenvalue weighted by atomic mass is 10.3. The fourth-order valence-electron chi connectivity index (χ4n) is 1.21. The molecule has 7 nitrogen and oxygen atoms in total. The largest absolute Gasteiger partial charge is 0.494 e. The Labute approximate surface area is 91.6 Å². The van der Waals surface area contributed by atoms with E-state index in [1.54, 1.807) is 6.20 Å². The van der Waals surface area contributed by atoms with Crippen molar-refractivity contribution in [2.45, 2.75) is 6.54 Å². The highest BCUT2D eigenvalue weighted by molar-refractivity contribution is 5.91. The number of carbonyl (C=O) groups excluding carboxylic acids is 1. The third kappa shape index (κ3) is 2.25. The van der Waals surface area contributed by atoms with E-state index < -0.39 is 0 Å². The minimum atomic E-state index is -0.333. The fourth-order valence-corrected chi connectivity index (χ4v) is 1.21. The highest BCUT2D eigenvalue weighted by atomic mass is 16.6. The average Bonchev–Trinajstić information content (AvgIpc) is 2.73. The predicted molar refractivity (Wildman–Crippen MR) is 54.8 cm³/mol. The number of hydrogen-bond acceptors (Lipinski definition) is 5. The molecule has 7 heteroatoms. The van der Waals surface area contributed by atoms with E-state index in [1.165, 1.54) is 6.26 Å². The van der Waals surface area contributed by atoms with Gasteiger partial charge < -0.3 is 20.5 Å². The molecule has 1 aliphatic rings. The average molecular weight is 224 g/mol. The van der Waals surface area contributed by atoms with Crippen molar-refractivity contribution in [3.8, 4) is 0 Å². The third-order valence-corrected chi connectivity index (χ3v) is 2.06. The van der Waals surface area contributed by atoms with Gasteiger partial charge in [0.25, 0.3) is 5.91 Å². The highest BCUT2D eigenvalue weighted by Crippen LogP contribution is 2.07. The first-order valence-electron chi connectivity index (χ1n) is 4.78. The summed E-state index contributed by atoms with van der Waals surface area (Å²) in [6, 6.07) is 0. The molecule has 0 unspecified atom stereocenters. The second-order valence-corrected chi connectivity index (χ2v) is 3.19. The number of amides is 1. The molecule has 0 aliphatic carbocycles. The molecule has 0 spiro atoms. The Morgan fingerprint density at radius 1 is 1.62 bits per heavy atom. The highest BCUT2D eigenvalue weighted by Gasteiger charge is 2.14. The molecule has 1 aromatic heterocycles. The molecule has 2 rings (SSSR count). The number of aromatic nitrogens is 2. The Morgan fingerprint density at radius 2 is 2.50 bits per heavy atom. The summed E-state index contributed by atoms with van der Waals surface area (Å²) in [5.41, 5.74) is 6.29. The van der Waals surface area contributed by atoms with E-state index in [0.29, 0.717) is 25.6 Å². The Morgan fingerprint density at radius 3 is 3.12 bits per heavy atom. The van der Waals surface area contributed by atoms with E-state index in [2.05, 4.69) is 15.5 Å². The van der Waals surface area contributed by atoms with Crippen LogP contribution in [-0.4, -0.2) is 29.3 Å². The SMILES string of the molecule is Nc1[nH]ncc1CNC(=O)C1=COCCO1. The molecular weight excluding hydrogens is 212 g/mol. The van der Waals surface area contributed by atoms with Crippen LogP contribution in [0.4, 0.5) is 5.82 Å². The molecule has 1 aliphatic heterocycles. The van der Waals surface area contributed by atoms with Crippen LogP contribution in [0.25, 0.3) is 0 Å². The van der Waals surface area contributed by atoms with E-state index in [9.17, 15) is 4.79 Å². The molecule has 0 aromatic carbocycles. The molecule has 0 fully saturated rings. The van der Waals surface area contributed by atoms with E-state index in [1.807, 2.05) is 0 Å². The number of nitrogens with two attached hydrogens (primary N) is 1. The first-order valence-corrected chi connectivity index (χ1v) is 4.78. The minimum absolute atomic E-state index is 0.174. The smallest absolute Gasteiger partial charge is 0.289 e. The van der Waals surface area contributed by atoms with E-state index in [0.717, 1.165) is 5.56 Å². The van der Waals surface area contributed by atoms with Gasteiger partial charge in [-0.3, -0.25) is 9.89 Å². The lowest BCUT2D eigenvalue weighted by Gasteiger charge is -2.14. The van der Waals surface area contributed by atoms with Gasteiger partial charge in [-0.05, 0) is 0 Å². The topological polar surface area (TPSA) is 102 Å². The van der Waals surface area contributed by atoms with Gasteiger partial charge >= 0.3 is 0 Å². The van der Waals surface area contributed by atoms with Crippen molar-refractivity contribution in [3.63, 3.8) is 0 Å². The first kappa shape index (κ1) is 10.3. The van der Waals surface area contributed by atoms with Gasteiger partial charge in [0.15, 0.2) is 0 Å². The number of carbonyl (C=O) groups is 1. The Balaban J connectivity index is 1.88. The van der Waals surface area contributed by atoms with Crippen LogP contribution < -0.4 is 11.1 Å². The third-order valence-electron chi connectivity index (χ3n) is 2.06. The lowest BCUT2D eigenvalue weighted by Crippen LogP contribution is -2.28. The van der Waals surface area contributed by atoms with Gasteiger partial charge in [-0.25, -0.2) is 0 Å². The summed E-state index contributed by atoms with van der Waals surface area (Å²) in [5, 5.41) is 8.96. The van der Waals surface area contributed by atoms with Gasteiger partial charge in [0.05, 0.1) is 6.20 Å². The Kier molecular flexibility index (Phi) is 2.95. The van der Waals surface area contributed by atoms with Crippen LogP contribution in [-0.2, 0) is 20.8 Å². The van der Waals surface area contributed by atoms with Crippen molar-refractivity contribution in [2.75, 3.05) is 18.9 Å². The number of nitrogen functional groups attached to an aromatic ring is 1. The molecular formula is C9H12N4O3. The van der Waals surface area contributed by atoms with Crippen molar-refractivity contribution in [3.05, 3.63) is 23.8 Å². The second-order valence-electron chi connectivity index (χ2n) is 3.19. The zero-order valence-electron chi connectivity index (χ0n) is 8.53. The number of nitrogens with zero attached hydrogens (tertiary/aromatic N) is 1.